The second-order valence-electron chi connectivity index (χ2n) is 2.98. The second-order valence-corrected chi connectivity index (χ2v) is 8.27. The van der Waals surface area contributed by atoms with Crippen LogP contribution in [0.25, 0.3) is 0 Å². The van der Waals surface area contributed by atoms with Crippen molar-refractivity contribution in [3.8, 4) is 6.07 Å². The molecule has 2 nitrogen and oxygen atoms in total. The van der Waals surface area contributed by atoms with Crippen molar-refractivity contribution >= 4 is 56.4 Å². The molecule has 0 unspecified atom stereocenters. The van der Waals surface area contributed by atoms with Crippen molar-refractivity contribution in [2.75, 3.05) is 0 Å². The molecule has 1 heterocycles. The van der Waals surface area contributed by atoms with Crippen molar-refractivity contribution in [2.24, 2.45) is 0 Å². The zero-order chi connectivity index (χ0) is 12.3. The molecule has 0 aliphatic carbocycles. The molecule has 0 radical (unpaired) electrons. The Bertz CT molecular complexity index is 438. The van der Waals surface area contributed by atoms with Crippen LogP contribution in [0.5, 0.6) is 0 Å². The van der Waals surface area contributed by atoms with Gasteiger partial charge in [0.25, 0.3) is 0 Å². The molecule has 1 aromatic heterocycles. The van der Waals surface area contributed by atoms with Gasteiger partial charge in [-0.15, -0.1) is 0 Å². The lowest BCUT2D eigenvalue weighted by Gasteiger charge is -2.10. The first-order chi connectivity index (χ1) is 7.33. The number of hydrogen-bond acceptors (Lipinski definition) is 4. The first-order valence-electron chi connectivity index (χ1n) is 4.14. The van der Waals surface area contributed by atoms with Gasteiger partial charge in [0.2, 0.25) is 3.12 Å². The van der Waals surface area contributed by atoms with E-state index in [1.807, 2.05) is 19.9 Å². The maximum atomic E-state index is 9.01. The predicted octanol–water partition coefficient (Wildman–Crippen LogP) is 4.64. The highest BCUT2D eigenvalue weighted by atomic mass is 35.6. The molecule has 0 saturated heterocycles. The van der Waals surface area contributed by atoms with Gasteiger partial charge in [0.1, 0.15) is 11.1 Å². The summed E-state index contributed by atoms with van der Waals surface area (Å²) >= 11 is 16.9. The molecule has 0 amide bonds. The van der Waals surface area contributed by atoms with Crippen molar-refractivity contribution in [3.05, 3.63) is 22.9 Å². The quantitative estimate of drug-likeness (QED) is 0.589. The van der Waals surface area contributed by atoms with E-state index in [-0.39, 0.29) is 0 Å². The van der Waals surface area contributed by atoms with Crippen LogP contribution in [0.15, 0.2) is 11.1 Å². The van der Waals surface area contributed by atoms with E-state index in [9.17, 15) is 0 Å². The van der Waals surface area contributed by atoms with Gasteiger partial charge in [-0.1, -0.05) is 34.8 Å². The lowest BCUT2D eigenvalue weighted by Crippen LogP contribution is -1.95. The third kappa shape index (κ3) is 4.23. The summed E-state index contributed by atoms with van der Waals surface area (Å²) in [6, 6.07) is 3.95. The van der Waals surface area contributed by atoms with E-state index in [1.165, 1.54) is 10.8 Å². The van der Waals surface area contributed by atoms with Crippen LogP contribution in [0.3, 0.4) is 0 Å². The minimum Gasteiger partial charge on any atom is -0.245 e. The van der Waals surface area contributed by atoms with Crippen LogP contribution in [0.1, 0.15) is 16.8 Å². The zero-order valence-corrected chi connectivity index (χ0v) is 12.3. The van der Waals surface area contributed by atoms with Gasteiger partial charge in [-0.25, -0.2) is 4.98 Å². The molecule has 0 atom stereocenters. The average Bonchev–Trinajstić information content (AvgIpc) is 2.12. The number of pyridine rings is 1. The maximum Gasteiger partial charge on any atom is 0.247 e. The van der Waals surface area contributed by atoms with Crippen LogP contribution >= 0.6 is 56.4 Å². The minimum absolute atomic E-state index is 0.525. The summed E-state index contributed by atoms with van der Waals surface area (Å²) in [5.74, 6) is 0. The van der Waals surface area contributed by atoms with E-state index in [0.717, 1.165) is 22.1 Å². The van der Waals surface area contributed by atoms with Crippen molar-refractivity contribution in [3.63, 3.8) is 0 Å². The highest BCUT2D eigenvalue weighted by Crippen LogP contribution is 2.49. The molecule has 0 fully saturated rings. The maximum absolute atomic E-state index is 9.01. The van der Waals surface area contributed by atoms with Gasteiger partial charge in [-0.2, -0.15) is 5.26 Å². The number of nitriles is 1. The average molecular weight is 314 g/mol. The van der Waals surface area contributed by atoms with Gasteiger partial charge in [-0.3, -0.25) is 0 Å². The van der Waals surface area contributed by atoms with E-state index in [2.05, 4.69) is 11.1 Å². The van der Waals surface area contributed by atoms with E-state index in [4.69, 9.17) is 40.1 Å². The molecule has 0 spiro atoms. The summed E-state index contributed by atoms with van der Waals surface area (Å²) in [6.07, 6.45) is 0. The lowest BCUT2D eigenvalue weighted by atomic mass is 10.1. The molecule has 16 heavy (non-hydrogen) atoms. The number of alkyl halides is 3. The number of rotatable bonds is 2. The summed E-state index contributed by atoms with van der Waals surface area (Å²) in [6.45, 7) is 3.72. The van der Waals surface area contributed by atoms with E-state index < -0.39 is 3.12 Å². The number of nitrogens with zero attached hydrogens (tertiary/aromatic N) is 2. The lowest BCUT2D eigenvalue weighted by molar-refractivity contribution is 1.03. The normalized spacial score (nSPS) is 11.2. The van der Waals surface area contributed by atoms with Gasteiger partial charge in [0.05, 0.1) is 5.56 Å². The van der Waals surface area contributed by atoms with E-state index in [0.29, 0.717) is 10.6 Å². The molecule has 0 saturated carbocycles. The largest absolute Gasteiger partial charge is 0.247 e. The molecule has 1 rings (SSSR count). The number of hydrogen-bond donors (Lipinski definition) is 0. The molecule has 7 heteroatoms. The number of aromatic nitrogens is 1. The molecular formula is C9H7Cl3N2S2. The molecule has 0 aromatic carbocycles. The Kier molecular flexibility index (Phi) is 5.09. The predicted molar refractivity (Wildman–Crippen MR) is 72.2 cm³/mol. The third-order valence-electron chi connectivity index (χ3n) is 1.64. The van der Waals surface area contributed by atoms with Crippen LogP contribution in [-0.4, -0.2) is 8.11 Å². The fraction of sp³-hybridized carbons (Fsp3) is 0.333. The number of halogens is 3. The van der Waals surface area contributed by atoms with Gasteiger partial charge >= 0.3 is 0 Å². The Morgan fingerprint density at radius 2 is 2.00 bits per heavy atom. The third-order valence-corrected chi connectivity index (χ3v) is 5.36. The van der Waals surface area contributed by atoms with E-state index in [1.54, 1.807) is 0 Å². The molecular weight excluding hydrogens is 307 g/mol. The Morgan fingerprint density at radius 3 is 2.50 bits per heavy atom. The number of aryl methyl sites for hydroxylation is 2. The smallest absolute Gasteiger partial charge is 0.245 e. The fourth-order valence-electron chi connectivity index (χ4n) is 1.09. The standard InChI is InChI=1S/C9H7Cl3N2S2/c1-5-3-6(2)14-8(7(5)4-13)15-16-9(10,11)12/h3H,1-2H3. The topological polar surface area (TPSA) is 36.7 Å². The SMILES string of the molecule is Cc1cc(C)c(C#N)c(SSC(Cl)(Cl)Cl)n1. The fourth-order valence-corrected chi connectivity index (χ4v) is 3.46. The van der Waals surface area contributed by atoms with Crippen molar-refractivity contribution in [1.29, 1.82) is 5.26 Å². The first kappa shape index (κ1) is 14.3. The Labute approximate surface area is 117 Å². The summed E-state index contributed by atoms with van der Waals surface area (Å²) in [4.78, 5) is 4.25. The monoisotopic (exact) mass is 312 g/mol. The van der Waals surface area contributed by atoms with Crippen LogP contribution in [0.2, 0.25) is 0 Å². The Balaban J connectivity index is 3.00. The highest BCUT2D eigenvalue weighted by molar-refractivity contribution is 8.78. The highest BCUT2D eigenvalue weighted by Gasteiger charge is 2.23. The van der Waals surface area contributed by atoms with Gasteiger partial charge in [0.15, 0.2) is 0 Å². The zero-order valence-electron chi connectivity index (χ0n) is 8.42. The Morgan fingerprint density at radius 1 is 1.38 bits per heavy atom. The summed E-state index contributed by atoms with van der Waals surface area (Å²) in [5.41, 5.74) is 2.24. The molecule has 0 aliphatic heterocycles. The summed E-state index contributed by atoms with van der Waals surface area (Å²) < 4.78 is -1.42. The molecule has 0 N–H and O–H groups in total. The first-order valence-corrected chi connectivity index (χ1v) is 7.42. The van der Waals surface area contributed by atoms with Gasteiger partial charge in [-0.05, 0) is 47.1 Å². The van der Waals surface area contributed by atoms with E-state index >= 15 is 0 Å². The van der Waals surface area contributed by atoms with Crippen molar-refractivity contribution in [2.45, 2.75) is 22.0 Å². The molecule has 1 aromatic rings. The summed E-state index contributed by atoms with van der Waals surface area (Å²) in [5, 5.41) is 9.59. The summed E-state index contributed by atoms with van der Waals surface area (Å²) in [7, 11) is 2.23. The second kappa shape index (κ2) is 5.70. The van der Waals surface area contributed by atoms with Crippen LogP contribution in [0.4, 0.5) is 0 Å². The van der Waals surface area contributed by atoms with Crippen LogP contribution in [0, 0.1) is 25.2 Å². The molecule has 86 valence electrons. The van der Waals surface area contributed by atoms with Crippen molar-refractivity contribution in [1.82, 2.24) is 4.98 Å². The molecule has 0 aliphatic rings. The van der Waals surface area contributed by atoms with Crippen LogP contribution < -0.4 is 0 Å². The Hall–Kier alpha value is 0.210. The van der Waals surface area contributed by atoms with Crippen LogP contribution in [-0.2, 0) is 0 Å². The van der Waals surface area contributed by atoms with Crippen molar-refractivity contribution < 1.29 is 0 Å². The minimum atomic E-state index is -1.42. The van der Waals surface area contributed by atoms with Gasteiger partial charge in [0, 0.05) is 5.69 Å². The van der Waals surface area contributed by atoms with Gasteiger partial charge < -0.3 is 0 Å². The molecule has 0 bridgehead atoms.